The number of benzene rings is 2. The van der Waals surface area contributed by atoms with Crippen LogP contribution in [-0.4, -0.2) is 9.78 Å². The van der Waals surface area contributed by atoms with E-state index in [4.69, 9.17) is 0 Å². The molecule has 20 heavy (non-hydrogen) atoms. The van der Waals surface area contributed by atoms with Crippen LogP contribution >= 0.6 is 0 Å². The summed E-state index contributed by atoms with van der Waals surface area (Å²) in [5.74, 6) is 0. The van der Waals surface area contributed by atoms with Crippen molar-refractivity contribution in [2.24, 2.45) is 0 Å². The highest BCUT2D eigenvalue weighted by molar-refractivity contribution is 5.80. The number of aromatic amines is 1. The van der Waals surface area contributed by atoms with E-state index in [0.717, 1.165) is 6.42 Å². The molecule has 0 radical (unpaired) electrons. The fourth-order valence-electron chi connectivity index (χ4n) is 2.26. The van der Waals surface area contributed by atoms with E-state index in [1.807, 2.05) is 24.3 Å². The first kappa shape index (κ1) is 12.4. The first-order valence-electron chi connectivity index (χ1n) is 6.54. The fraction of sp³-hybridized carbons (Fsp3) is 0.125. The lowest BCUT2D eigenvalue weighted by Gasteiger charge is -2.07. The highest BCUT2D eigenvalue weighted by atomic mass is 16.2. The van der Waals surface area contributed by atoms with Gasteiger partial charge in [-0.05, 0) is 36.2 Å². The van der Waals surface area contributed by atoms with Gasteiger partial charge in [-0.15, -0.1) is 0 Å². The minimum absolute atomic E-state index is 0.218. The van der Waals surface area contributed by atoms with E-state index >= 15 is 0 Å². The average Bonchev–Trinajstić information content (AvgIpc) is 2.51. The molecule has 0 amide bonds. The lowest BCUT2D eigenvalue weighted by molar-refractivity contribution is 0.801. The Balaban J connectivity index is 2.28. The van der Waals surface area contributed by atoms with Gasteiger partial charge in [-0.2, -0.15) is 0 Å². The number of nitrogens with zero attached hydrogens (tertiary/aromatic N) is 1. The third-order valence-corrected chi connectivity index (χ3v) is 3.42. The van der Waals surface area contributed by atoms with E-state index in [9.17, 15) is 9.59 Å². The van der Waals surface area contributed by atoms with Gasteiger partial charge < -0.3 is 0 Å². The van der Waals surface area contributed by atoms with Crippen molar-refractivity contribution in [2.45, 2.75) is 13.3 Å². The van der Waals surface area contributed by atoms with Crippen LogP contribution in [0.25, 0.3) is 16.5 Å². The number of aromatic nitrogens is 2. The molecule has 4 nitrogen and oxygen atoms in total. The van der Waals surface area contributed by atoms with Crippen LogP contribution in [-0.2, 0) is 6.42 Å². The highest BCUT2D eigenvalue weighted by Gasteiger charge is 2.07. The Morgan fingerprint density at radius 2 is 1.60 bits per heavy atom. The maximum absolute atomic E-state index is 12.4. The molecule has 1 heterocycles. The maximum atomic E-state index is 12.4. The standard InChI is InChI=1S/C16H14N2O2/c1-2-11-7-9-12(10-8-11)18-16(20)14-6-4-3-5-13(14)15(19)17-18/h3-10H,2H2,1H3,(H,17,19). The summed E-state index contributed by atoms with van der Waals surface area (Å²) in [6.45, 7) is 2.07. The summed E-state index contributed by atoms with van der Waals surface area (Å²) in [4.78, 5) is 24.5. The summed E-state index contributed by atoms with van der Waals surface area (Å²) in [5, 5.41) is 3.46. The Hall–Kier alpha value is -2.62. The number of aryl methyl sites for hydroxylation is 1. The van der Waals surface area contributed by atoms with Crippen LogP contribution in [0.3, 0.4) is 0 Å². The summed E-state index contributed by atoms with van der Waals surface area (Å²) in [7, 11) is 0. The van der Waals surface area contributed by atoms with Gasteiger partial charge in [0.1, 0.15) is 0 Å². The van der Waals surface area contributed by atoms with Gasteiger partial charge in [0.05, 0.1) is 16.5 Å². The second-order valence-corrected chi connectivity index (χ2v) is 4.65. The highest BCUT2D eigenvalue weighted by Crippen LogP contribution is 2.09. The van der Waals surface area contributed by atoms with E-state index < -0.39 is 0 Å². The fourth-order valence-corrected chi connectivity index (χ4v) is 2.26. The Morgan fingerprint density at radius 3 is 2.25 bits per heavy atom. The van der Waals surface area contributed by atoms with Crippen molar-refractivity contribution in [2.75, 3.05) is 0 Å². The van der Waals surface area contributed by atoms with E-state index in [-0.39, 0.29) is 11.1 Å². The van der Waals surface area contributed by atoms with Gasteiger partial charge in [-0.1, -0.05) is 31.2 Å². The minimum Gasteiger partial charge on any atom is -0.267 e. The zero-order valence-electron chi connectivity index (χ0n) is 11.1. The second-order valence-electron chi connectivity index (χ2n) is 4.65. The summed E-state index contributed by atoms with van der Waals surface area (Å²) < 4.78 is 1.30. The number of H-pyrrole nitrogens is 1. The number of rotatable bonds is 2. The zero-order valence-corrected chi connectivity index (χ0v) is 11.1. The van der Waals surface area contributed by atoms with Crippen molar-refractivity contribution >= 4 is 10.8 Å². The van der Waals surface area contributed by atoms with Gasteiger partial charge in [0, 0.05) is 0 Å². The molecule has 0 fully saturated rings. The van der Waals surface area contributed by atoms with Crippen molar-refractivity contribution in [1.82, 2.24) is 9.78 Å². The van der Waals surface area contributed by atoms with Crippen molar-refractivity contribution in [1.29, 1.82) is 0 Å². The molecule has 4 heteroatoms. The third-order valence-electron chi connectivity index (χ3n) is 3.42. The lowest BCUT2D eigenvalue weighted by atomic mass is 10.1. The molecule has 0 saturated heterocycles. The number of nitrogens with one attached hydrogen (secondary N) is 1. The van der Waals surface area contributed by atoms with Crippen LogP contribution in [0.5, 0.6) is 0 Å². The van der Waals surface area contributed by atoms with Gasteiger partial charge in [-0.3, -0.25) is 14.7 Å². The van der Waals surface area contributed by atoms with E-state index in [0.29, 0.717) is 16.5 Å². The first-order valence-corrected chi connectivity index (χ1v) is 6.54. The SMILES string of the molecule is CCc1ccc(-n2[nH]c(=O)c3ccccc3c2=O)cc1. The van der Waals surface area contributed by atoms with E-state index in [1.54, 1.807) is 24.3 Å². The molecule has 0 atom stereocenters. The first-order chi connectivity index (χ1) is 9.70. The van der Waals surface area contributed by atoms with Crippen LogP contribution in [0.4, 0.5) is 0 Å². The summed E-state index contributed by atoms with van der Waals surface area (Å²) >= 11 is 0. The maximum Gasteiger partial charge on any atom is 0.277 e. The largest absolute Gasteiger partial charge is 0.277 e. The molecule has 0 spiro atoms. The van der Waals surface area contributed by atoms with Crippen molar-refractivity contribution in [3.05, 3.63) is 74.8 Å². The predicted molar refractivity (Wildman–Crippen MR) is 79.5 cm³/mol. The molecule has 2 aromatic carbocycles. The smallest absolute Gasteiger partial charge is 0.267 e. The lowest BCUT2D eigenvalue weighted by Crippen LogP contribution is -2.28. The van der Waals surface area contributed by atoms with Gasteiger partial charge in [0.25, 0.3) is 11.1 Å². The second kappa shape index (κ2) is 4.81. The van der Waals surface area contributed by atoms with Crippen LogP contribution in [0.2, 0.25) is 0 Å². The van der Waals surface area contributed by atoms with Crippen LogP contribution in [0.15, 0.2) is 58.1 Å². The number of hydrogen-bond acceptors (Lipinski definition) is 2. The average molecular weight is 266 g/mol. The summed E-state index contributed by atoms with van der Waals surface area (Å²) in [5.41, 5.74) is 1.37. The number of hydrogen-bond donors (Lipinski definition) is 1. The monoisotopic (exact) mass is 266 g/mol. The molecule has 0 saturated carbocycles. The summed E-state index contributed by atoms with van der Waals surface area (Å²) in [6.07, 6.45) is 0.934. The topological polar surface area (TPSA) is 54.9 Å². The van der Waals surface area contributed by atoms with Gasteiger partial charge in [0.15, 0.2) is 0 Å². The Morgan fingerprint density at radius 1 is 0.950 bits per heavy atom. The minimum atomic E-state index is -0.264. The number of fused-ring (bicyclic) bond motifs is 1. The van der Waals surface area contributed by atoms with E-state index in [1.165, 1.54) is 10.2 Å². The molecular weight excluding hydrogens is 252 g/mol. The zero-order chi connectivity index (χ0) is 14.1. The molecule has 3 aromatic rings. The Labute approximate surface area is 115 Å². The van der Waals surface area contributed by atoms with Gasteiger partial charge in [-0.25, -0.2) is 4.68 Å². The molecule has 0 aliphatic carbocycles. The van der Waals surface area contributed by atoms with Gasteiger partial charge in [0.2, 0.25) is 0 Å². The molecule has 0 aliphatic rings. The normalized spacial score (nSPS) is 10.8. The van der Waals surface area contributed by atoms with Crippen LogP contribution < -0.4 is 11.1 Å². The predicted octanol–water partition coefficient (Wildman–Crippen LogP) is 2.24. The Bertz CT molecular complexity index is 873. The molecule has 1 aromatic heterocycles. The molecule has 1 N–H and O–H groups in total. The molecule has 3 rings (SSSR count). The molecular formula is C16H14N2O2. The van der Waals surface area contributed by atoms with Crippen LogP contribution in [0.1, 0.15) is 12.5 Å². The van der Waals surface area contributed by atoms with Gasteiger partial charge >= 0.3 is 0 Å². The molecule has 0 unspecified atom stereocenters. The molecule has 100 valence electrons. The van der Waals surface area contributed by atoms with Crippen molar-refractivity contribution < 1.29 is 0 Å². The third kappa shape index (κ3) is 1.95. The van der Waals surface area contributed by atoms with Crippen LogP contribution in [0, 0.1) is 0 Å². The Kier molecular flexibility index (Phi) is 2.99. The quantitative estimate of drug-likeness (QED) is 0.773. The van der Waals surface area contributed by atoms with Crippen molar-refractivity contribution in [3.63, 3.8) is 0 Å². The van der Waals surface area contributed by atoms with E-state index in [2.05, 4.69) is 12.0 Å². The molecule has 0 aliphatic heterocycles. The molecule has 0 bridgehead atoms. The summed E-state index contributed by atoms with van der Waals surface area (Å²) in [6, 6.07) is 14.4. The van der Waals surface area contributed by atoms with Crippen molar-refractivity contribution in [3.8, 4) is 5.69 Å².